The number of hydrogen-bond donors (Lipinski definition) is 0. The van der Waals surface area contributed by atoms with Crippen molar-refractivity contribution in [2.45, 2.75) is 38.9 Å². The number of fused-ring (bicyclic) bond motifs is 6. The number of hydrogen-bond acceptors (Lipinski definition) is 3. The van der Waals surface area contributed by atoms with E-state index in [0.717, 1.165) is 33.1 Å². The Morgan fingerprint density at radius 2 is 1.34 bits per heavy atom. The minimum absolute atomic E-state index is 0.0291. The van der Waals surface area contributed by atoms with Crippen molar-refractivity contribution in [3.63, 3.8) is 0 Å². The van der Waals surface area contributed by atoms with Crippen molar-refractivity contribution in [2.75, 3.05) is 0 Å². The third-order valence-corrected chi connectivity index (χ3v) is 8.62. The zero-order valence-corrected chi connectivity index (χ0v) is 23.2. The van der Waals surface area contributed by atoms with E-state index in [-0.39, 0.29) is 58.1 Å². The van der Waals surface area contributed by atoms with Crippen LogP contribution in [-0.4, -0.2) is 22.9 Å². The molecule has 1 aliphatic heterocycles. The highest BCUT2D eigenvalue weighted by Crippen LogP contribution is 2.40. The Kier molecular flexibility index (Phi) is 3.97. The molecule has 0 amide bonds. The molecular formula is C36H30BNO3. The largest absolute Gasteiger partial charge is 0.497 e. The van der Waals surface area contributed by atoms with Crippen LogP contribution in [0.3, 0.4) is 0 Å². The first-order valence-corrected chi connectivity index (χ1v) is 13.7. The van der Waals surface area contributed by atoms with Gasteiger partial charge in [0.05, 0.1) is 30.5 Å². The van der Waals surface area contributed by atoms with Crippen LogP contribution < -0.4 is 5.46 Å². The molecule has 0 N–H and O–H groups in total. The first-order chi connectivity index (χ1) is 22.3. The summed E-state index contributed by atoms with van der Waals surface area (Å²) in [4.78, 5) is 0. The molecule has 0 saturated carbocycles. The van der Waals surface area contributed by atoms with Crippen molar-refractivity contribution in [3.8, 4) is 16.8 Å². The quantitative estimate of drug-likeness (QED) is 0.210. The van der Waals surface area contributed by atoms with Crippen molar-refractivity contribution in [1.29, 1.82) is 0 Å². The van der Waals surface area contributed by atoms with E-state index in [0.29, 0.717) is 11.2 Å². The average molecular weight is 541 g/mol. The smallest absolute Gasteiger partial charge is 0.455 e. The van der Waals surface area contributed by atoms with E-state index in [4.69, 9.17) is 22.0 Å². The second-order valence-corrected chi connectivity index (χ2v) is 11.5. The molecule has 0 bridgehead atoms. The van der Waals surface area contributed by atoms with E-state index < -0.39 is 18.3 Å². The van der Waals surface area contributed by atoms with Crippen molar-refractivity contribution in [3.05, 3.63) is 109 Å². The SMILES string of the molecule is [2H]c1cc([2H])c2c(c1[2H])c1c([2H])c([2H])cc([2H])c1n2-c1ccc(-c2cccc3c2oc2ccccc23)cc1B1OC(C)(C)C(C)(C)O1. The maximum atomic E-state index is 8.98. The van der Waals surface area contributed by atoms with E-state index in [1.807, 2.05) is 88.4 Å². The highest BCUT2D eigenvalue weighted by atomic mass is 16.7. The number of para-hydroxylation sites is 4. The molecule has 7 aromatic rings. The summed E-state index contributed by atoms with van der Waals surface area (Å²) in [5.74, 6) is 0. The van der Waals surface area contributed by atoms with E-state index in [2.05, 4.69) is 0 Å². The van der Waals surface area contributed by atoms with Crippen LogP contribution in [0.15, 0.2) is 113 Å². The van der Waals surface area contributed by atoms with Gasteiger partial charge in [-0.25, -0.2) is 0 Å². The van der Waals surface area contributed by atoms with Crippen LogP contribution >= 0.6 is 0 Å². The highest BCUT2D eigenvalue weighted by molar-refractivity contribution is 6.63. The minimum atomic E-state index is -0.850. The maximum absolute atomic E-state index is 8.98. The predicted octanol–water partition coefficient (Wildman–Crippen LogP) is 8.65. The van der Waals surface area contributed by atoms with Gasteiger partial charge in [0.2, 0.25) is 0 Å². The van der Waals surface area contributed by atoms with Gasteiger partial charge in [0.1, 0.15) is 11.2 Å². The Balaban J connectivity index is 1.48. The van der Waals surface area contributed by atoms with Crippen LogP contribution in [0.25, 0.3) is 60.6 Å². The molecule has 1 aliphatic rings. The summed E-state index contributed by atoms with van der Waals surface area (Å²) >= 11 is 0. The van der Waals surface area contributed by atoms with Crippen LogP contribution in [0, 0.1) is 0 Å². The molecule has 3 heterocycles. The molecule has 0 spiro atoms. The van der Waals surface area contributed by atoms with Gasteiger partial charge in [-0.1, -0.05) is 84.8 Å². The Labute approximate surface area is 247 Å². The van der Waals surface area contributed by atoms with Gasteiger partial charge in [-0.05, 0) is 57.5 Å². The van der Waals surface area contributed by atoms with Crippen molar-refractivity contribution >= 4 is 56.3 Å². The fourth-order valence-corrected chi connectivity index (χ4v) is 5.81. The topological polar surface area (TPSA) is 36.5 Å². The number of nitrogens with zero attached hydrogens (tertiary/aromatic N) is 1. The normalized spacial score (nSPS) is 18.5. The first-order valence-electron chi connectivity index (χ1n) is 16.7. The van der Waals surface area contributed by atoms with Gasteiger partial charge in [0, 0.05) is 38.3 Å². The van der Waals surface area contributed by atoms with Crippen LogP contribution in [0.5, 0.6) is 0 Å². The Hall–Kier alpha value is -4.32. The van der Waals surface area contributed by atoms with Gasteiger partial charge >= 0.3 is 7.12 Å². The van der Waals surface area contributed by atoms with Crippen molar-refractivity contribution < 1.29 is 22.0 Å². The molecule has 0 radical (unpaired) electrons. The first kappa shape index (κ1) is 18.9. The summed E-state index contributed by atoms with van der Waals surface area (Å²) in [6, 6.07) is 21.6. The summed E-state index contributed by atoms with van der Waals surface area (Å²) < 4.78 is 73.6. The number of aromatic nitrogens is 1. The van der Waals surface area contributed by atoms with Gasteiger partial charge in [0.15, 0.2) is 0 Å². The molecule has 4 nitrogen and oxygen atoms in total. The zero-order valence-electron chi connectivity index (χ0n) is 29.2. The lowest BCUT2D eigenvalue weighted by Gasteiger charge is -2.32. The maximum Gasteiger partial charge on any atom is 0.497 e. The van der Waals surface area contributed by atoms with Crippen LogP contribution in [-0.2, 0) is 9.31 Å². The summed E-state index contributed by atoms with van der Waals surface area (Å²) in [5.41, 5.74) is 3.60. The summed E-state index contributed by atoms with van der Waals surface area (Å²) in [7, 11) is -0.850. The average Bonchev–Trinajstić information content (AvgIpc) is 3.66. The summed E-state index contributed by atoms with van der Waals surface area (Å²) in [6.45, 7) is 7.89. The fourth-order valence-electron chi connectivity index (χ4n) is 5.81. The van der Waals surface area contributed by atoms with E-state index >= 15 is 0 Å². The number of furan rings is 1. The van der Waals surface area contributed by atoms with Gasteiger partial charge in [0.25, 0.3) is 0 Å². The Morgan fingerprint density at radius 1 is 0.683 bits per heavy atom. The fraction of sp³-hybridized carbons (Fsp3) is 0.167. The van der Waals surface area contributed by atoms with Crippen LogP contribution in [0.4, 0.5) is 0 Å². The lowest BCUT2D eigenvalue weighted by atomic mass is 9.76. The van der Waals surface area contributed by atoms with Gasteiger partial charge in [-0.2, -0.15) is 0 Å². The third-order valence-electron chi connectivity index (χ3n) is 8.62. The molecule has 41 heavy (non-hydrogen) atoms. The van der Waals surface area contributed by atoms with Crippen molar-refractivity contribution in [2.24, 2.45) is 0 Å². The van der Waals surface area contributed by atoms with Crippen molar-refractivity contribution in [1.82, 2.24) is 4.57 Å². The molecule has 200 valence electrons. The molecule has 1 fully saturated rings. The lowest BCUT2D eigenvalue weighted by Crippen LogP contribution is -2.41. The van der Waals surface area contributed by atoms with E-state index in [1.54, 1.807) is 4.57 Å². The highest BCUT2D eigenvalue weighted by Gasteiger charge is 2.52. The molecule has 8 rings (SSSR count). The number of benzene rings is 5. The zero-order chi connectivity index (χ0) is 33.2. The molecule has 5 aromatic carbocycles. The molecule has 2 aromatic heterocycles. The molecule has 0 atom stereocenters. The molecule has 1 saturated heterocycles. The second-order valence-electron chi connectivity index (χ2n) is 11.5. The van der Waals surface area contributed by atoms with E-state index in [1.165, 1.54) is 12.1 Å². The van der Waals surface area contributed by atoms with Gasteiger partial charge in [-0.3, -0.25) is 0 Å². The summed E-state index contributed by atoms with van der Waals surface area (Å²) in [5, 5.41) is 2.40. The van der Waals surface area contributed by atoms with Gasteiger partial charge in [-0.15, -0.1) is 0 Å². The molecule has 5 heteroatoms. The monoisotopic (exact) mass is 541 g/mol. The number of rotatable bonds is 3. The summed E-state index contributed by atoms with van der Waals surface area (Å²) in [6.07, 6.45) is 0. The Bertz CT molecular complexity index is 2380. The van der Waals surface area contributed by atoms with Crippen LogP contribution in [0.1, 0.15) is 35.9 Å². The van der Waals surface area contributed by atoms with Crippen LogP contribution in [0.2, 0.25) is 0 Å². The van der Waals surface area contributed by atoms with Gasteiger partial charge < -0.3 is 18.3 Å². The molecule has 0 aliphatic carbocycles. The molecular weight excluding hydrogens is 505 g/mol. The minimum Gasteiger partial charge on any atom is -0.455 e. The second kappa shape index (κ2) is 8.59. The predicted molar refractivity (Wildman–Crippen MR) is 169 cm³/mol. The molecule has 0 unspecified atom stereocenters. The Morgan fingerprint density at radius 3 is 2.05 bits per heavy atom. The standard InChI is InChI=1S/C36H30BNO3/c1-35(2)36(3,4)41-37(40-35)29-22-23(24-15-11-16-28-27-14-7-10-19-33(27)39-34(24)28)20-21-32(29)38-30-17-8-5-12-25(30)26-13-6-9-18-31(26)38/h5-22H,1-4H3/i5D,6D,12D,13D,17D,18D. The third kappa shape index (κ3) is 3.56. The lowest BCUT2D eigenvalue weighted by molar-refractivity contribution is 0.00578. The van der Waals surface area contributed by atoms with E-state index in [9.17, 15) is 0 Å².